The second kappa shape index (κ2) is 7.03. The number of fused-ring (bicyclic) bond motifs is 2. The molecule has 0 spiro atoms. The Bertz CT molecular complexity index is 817. The fraction of sp³-hybridized carbons (Fsp3) is 0.238. The predicted octanol–water partition coefficient (Wildman–Crippen LogP) is 4.02. The van der Waals surface area contributed by atoms with E-state index in [-0.39, 0.29) is 30.4 Å². The summed E-state index contributed by atoms with van der Waals surface area (Å²) in [5.74, 6) is 0.572. The van der Waals surface area contributed by atoms with Crippen LogP contribution in [0.5, 0.6) is 0 Å². The van der Waals surface area contributed by atoms with Gasteiger partial charge in [-0.25, -0.2) is 0 Å². The summed E-state index contributed by atoms with van der Waals surface area (Å²) in [6.45, 7) is 8.10. The van der Waals surface area contributed by atoms with E-state index in [1.54, 1.807) is 12.1 Å². The molecule has 0 saturated carbocycles. The van der Waals surface area contributed by atoms with Crippen molar-refractivity contribution in [2.45, 2.75) is 25.7 Å². The van der Waals surface area contributed by atoms with Gasteiger partial charge in [0.25, 0.3) is 0 Å². The monoisotopic (exact) mass is 336 g/mol. The number of Topliss-reactive ketones (excluding diaryl/α,β-unsaturated/α-hetero) is 1. The Hall–Kier alpha value is -2.72. The molecule has 0 fully saturated rings. The Labute approximate surface area is 146 Å². The summed E-state index contributed by atoms with van der Waals surface area (Å²) in [5.41, 5.74) is 3.33. The molecule has 25 heavy (non-hydrogen) atoms. The van der Waals surface area contributed by atoms with Gasteiger partial charge in [-0.1, -0.05) is 37.4 Å². The zero-order valence-electron chi connectivity index (χ0n) is 14.0. The summed E-state index contributed by atoms with van der Waals surface area (Å²) in [5, 5.41) is 8.77. The number of hydrogen-bond donors (Lipinski definition) is 1. The first-order chi connectivity index (χ1) is 12.0. The largest absolute Gasteiger partial charge is 0.452 e. The minimum Gasteiger partial charge on any atom is -0.452 e. The van der Waals surface area contributed by atoms with Gasteiger partial charge in [-0.3, -0.25) is 9.59 Å². The van der Waals surface area contributed by atoms with Crippen molar-refractivity contribution in [1.29, 1.82) is 0 Å². The SMILES string of the molecule is C=C(CC(=O)CCCCO)c1cc2c(o1)C(=O)c1ccccc1C2=C. The second-order valence-electron chi connectivity index (χ2n) is 6.21. The van der Waals surface area contributed by atoms with Gasteiger partial charge in [-0.15, -0.1) is 0 Å². The maximum atomic E-state index is 12.6. The number of hydrogen-bond acceptors (Lipinski definition) is 4. The number of aliphatic hydroxyl groups excluding tert-OH is 1. The van der Waals surface area contributed by atoms with Gasteiger partial charge >= 0.3 is 0 Å². The zero-order chi connectivity index (χ0) is 18.0. The highest BCUT2D eigenvalue weighted by atomic mass is 16.3. The predicted molar refractivity (Wildman–Crippen MR) is 96.3 cm³/mol. The number of carbonyl (C=O) groups is 2. The highest BCUT2D eigenvalue weighted by Gasteiger charge is 2.30. The third-order valence-electron chi connectivity index (χ3n) is 4.38. The van der Waals surface area contributed by atoms with Crippen LogP contribution < -0.4 is 0 Å². The molecule has 128 valence electrons. The number of carbonyl (C=O) groups excluding carboxylic acids is 2. The molecule has 1 aliphatic rings. The van der Waals surface area contributed by atoms with Crippen molar-refractivity contribution in [2.75, 3.05) is 6.61 Å². The Morgan fingerprint density at radius 1 is 1.12 bits per heavy atom. The molecule has 0 radical (unpaired) electrons. The molecule has 4 heteroatoms. The Morgan fingerprint density at radius 3 is 2.56 bits per heavy atom. The standard InChI is InChI=1S/C21H20O4/c1-13(11-15(23)7-5-6-10-22)19-12-18-14(2)16-8-3-4-9-17(16)20(24)21(18)25-19/h3-4,8-9,12,22H,1-2,5-7,10-11H2. The van der Waals surface area contributed by atoms with Crippen LogP contribution in [-0.2, 0) is 4.79 Å². The average Bonchev–Trinajstić information content (AvgIpc) is 3.06. The molecule has 0 bridgehead atoms. The Morgan fingerprint density at radius 2 is 1.84 bits per heavy atom. The molecule has 0 atom stereocenters. The number of aliphatic hydroxyl groups is 1. The third kappa shape index (κ3) is 3.26. The van der Waals surface area contributed by atoms with Gasteiger partial charge in [0.1, 0.15) is 11.5 Å². The van der Waals surface area contributed by atoms with Crippen molar-refractivity contribution in [3.63, 3.8) is 0 Å². The molecule has 4 nitrogen and oxygen atoms in total. The first-order valence-electron chi connectivity index (χ1n) is 8.31. The molecule has 1 aromatic heterocycles. The summed E-state index contributed by atoms with van der Waals surface area (Å²) >= 11 is 0. The van der Waals surface area contributed by atoms with Gasteiger partial charge in [0.15, 0.2) is 5.76 Å². The molecule has 0 unspecified atom stereocenters. The highest BCUT2D eigenvalue weighted by Crippen LogP contribution is 2.38. The van der Waals surface area contributed by atoms with Crippen molar-refractivity contribution in [3.8, 4) is 0 Å². The van der Waals surface area contributed by atoms with Gasteiger partial charge in [-0.2, -0.15) is 0 Å². The summed E-state index contributed by atoms with van der Waals surface area (Å²) in [6, 6.07) is 9.04. The van der Waals surface area contributed by atoms with E-state index in [4.69, 9.17) is 9.52 Å². The lowest BCUT2D eigenvalue weighted by Gasteiger charge is -2.15. The normalized spacial score (nSPS) is 12.7. The highest BCUT2D eigenvalue weighted by molar-refractivity contribution is 6.17. The van der Waals surface area contributed by atoms with Gasteiger partial charge in [0.2, 0.25) is 5.78 Å². The fourth-order valence-corrected chi connectivity index (χ4v) is 3.02. The van der Waals surface area contributed by atoms with Crippen molar-refractivity contribution >= 4 is 22.7 Å². The van der Waals surface area contributed by atoms with Crippen molar-refractivity contribution in [1.82, 2.24) is 0 Å². The van der Waals surface area contributed by atoms with Crippen molar-refractivity contribution < 1.29 is 19.1 Å². The van der Waals surface area contributed by atoms with Crippen LogP contribution in [-0.4, -0.2) is 23.3 Å². The molecule has 1 aromatic carbocycles. The molecule has 0 amide bonds. The fourth-order valence-electron chi connectivity index (χ4n) is 3.02. The van der Waals surface area contributed by atoms with Gasteiger partial charge in [-0.05, 0) is 35.6 Å². The maximum absolute atomic E-state index is 12.6. The molecule has 1 N–H and O–H groups in total. The molecule has 3 rings (SSSR count). The van der Waals surface area contributed by atoms with Crippen LogP contribution in [0.3, 0.4) is 0 Å². The topological polar surface area (TPSA) is 67.5 Å². The third-order valence-corrected chi connectivity index (χ3v) is 4.38. The summed E-state index contributed by atoms with van der Waals surface area (Å²) in [6.07, 6.45) is 1.84. The summed E-state index contributed by atoms with van der Waals surface area (Å²) < 4.78 is 5.73. The van der Waals surface area contributed by atoms with Crippen molar-refractivity contribution in [3.05, 3.63) is 71.7 Å². The molecular formula is C21H20O4. The quantitative estimate of drug-likeness (QED) is 0.662. The number of allylic oxidation sites excluding steroid dienone is 1. The van der Waals surface area contributed by atoms with E-state index in [1.165, 1.54) is 0 Å². The number of unbranched alkanes of at least 4 members (excludes halogenated alkanes) is 1. The smallest absolute Gasteiger partial charge is 0.229 e. The van der Waals surface area contributed by atoms with E-state index in [9.17, 15) is 9.59 Å². The number of ketones is 2. The van der Waals surface area contributed by atoms with Gasteiger partial charge in [0, 0.05) is 30.6 Å². The first-order valence-corrected chi connectivity index (χ1v) is 8.31. The lowest BCUT2D eigenvalue weighted by molar-refractivity contribution is -0.118. The lowest BCUT2D eigenvalue weighted by atomic mass is 9.86. The van der Waals surface area contributed by atoms with Crippen LogP contribution in [0.25, 0.3) is 11.1 Å². The second-order valence-corrected chi connectivity index (χ2v) is 6.21. The van der Waals surface area contributed by atoms with Crippen LogP contribution in [0, 0.1) is 0 Å². The Balaban J connectivity index is 1.81. The number of furan rings is 1. The van der Waals surface area contributed by atoms with E-state index in [2.05, 4.69) is 13.2 Å². The van der Waals surface area contributed by atoms with Crippen LogP contribution >= 0.6 is 0 Å². The van der Waals surface area contributed by atoms with E-state index < -0.39 is 0 Å². The van der Waals surface area contributed by atoms with Gasteiger partial charge in [0.05, 0.1) is 0 Å². The van der Waals surface area contributed by atoms with E-state index >= 15 is 0 Å². The summed E-state index contributed by atoms with van der Waals surface area (Å²) in [7, 11) is 0. The van der Waals surface area contributed by atoms with Crippen LogP contribution in [0.2, 0.25) is 0 Å². The molecular weight excluding hydrogens is 316 g/mol. The van der Waals surface area contributed by atoms with E-state index in [0.717, 1.165) is 11.1 Å². The lowest BCUT2D eigenvalue weighted by Crippen LogP contribution is -2.11. The minimum atomic E-state index is -0.175. The minimum absolute atomic E-state index is 0.0428. The first kappa shape index (κ1) is 17.1. The van der Waals surface area contributed by atoms with Crippen LogP contribution in [0.4, 0.5) is 0 Å². The molecule has 0 aliphatic heterocycles. The zero-order valence-corrected chi connectivity index (χ0v) is 14.0. The molecule has 2 aromatic rings. The Kier molecular flexibility index (Phi) is 4.81. The van der Waals surface area contributed by atoms with Crippen LogP contribution in [0.1, 0.15) is 58.7 Å². The summed E-state index contributed by atoms with van der Waals surface area (Å²) in [4.78, 5) is 24.6. The molecule has 1 aliphatic carbocycles. The van der Waals surface area contributed by atoms with Crippen molar-refractivity contribution in [2.24, 2.45) is 0 Å². The van der Waals surface area contributed by atoms with E-state index in [1.807, 2.05) is 18.2 Å². The number of rotatable bonds is 7. The van der Waals surface area contributed by atoms with Crippen LogP contribution in [0.15, 0.2) is 47.9 Å². The average molecular weight is 336 g/mol. The maximum Gasteiger partial charge on any atom is 0.229 e. The molecule has 0 saturated heterocycles. The van der Waals surface area contributed by atoms with Gasteiger partial charge < -0.3 is 9.52 Å². The number of benzene rings is 1. The molecule has 1 heterocycles. The van der Waals surface area contributed by atoms with E-state index in [0.29, 0.717) is 41.7 Å².